The summed E-state index contributed by atoms with van der Waals surface area (Å²) in [5.41, 5.74) is 4.01. The summed E-state index contributed by atoms with van der Waals surface area (Å²) >= 11 is 0. The number of hydrogen-bond acceptors (Lipinski definition) is 5. The second-order valence-electron chi connectivity index (χ2n) is 8.44. The fraction of sp³-hybridized carbons (Fsp3) is 0.231. The van der Waals surface area contributed by atoms with Crippen LogP contribution in [-0.2, 0) is 9.59 Å². The number of carbonyl (C=O) groups excluding carboxylic acids is 2. The van der Waals surface area contributed by atoms with Crippen LogP contribution in [0.2, 0.25) is 0 Å². The van der Waals surface area contributed by atoms with Crippen molar-refractivity contribution in [3.63, 3.8) is 0 Å². The summed E-state index contributed by atoms with van der Waals surface area (Å²) in [5.74, 6) is -0.682. The van der Waals surface area contributed by atoms with E-state index in [0.717, 1.165) is 22.5 Å². The monoisotopic (exact) mass is 440 g/mol. The normalized spacial score (nSPS) is 20.3. The molecule has 3 aromatic rings. The average Bonchev–Trinajstić information content (AvgIpc) is 3.44. The van der Waals surface area contributed by atoms with Gasteiger partial charge in [-0.15, -0.1) is 0 Å². The zero-order valence-electron chi connectivity index (χ0n) is 18.3. The summed E-state index contributed by atoms with van der Waals surface area (Å²) in [7, 11) is 0. The van der Waals surface area contributed by atoms with E-state index >= 15 is 0 Å². The molecule has 0 saturated carbocycles. The molecule has 5 rings (SSSR count). The molecule has 2 aromatic carbocycles. The number of aromatic nitrogens is 1. The maximum Gasteiger partial charge on any atom is 0.248 e. The van der Waals surface area contributed by atoms with E-state index in [2.05, 4.69) is 10.1 Å². The smallest absolute Gasteiger partial charge is 0.248 e. The molecule has 33 heavy (non-hydrogen) atoms. The highest BCUT2D eigenvalue weighted by molar-refractivity contribution is 6.04. The third kappa shape index (κ3) is 3.86. The van der Waals surface area contributed by atoms with Gasteiger partial charge in [0, 0.05) is 48.6 Å². The Morgan fingerprint density at radius 1 is 1.03 bits per heavy atom. The van der Waals surface area contributed by atoms with E-state index in [-0.39, 0.29) is 24.0 Å². The summed E-state index contributed by atoms with van der Waals surface area (Å²) < 4.78 is 0. The number of hydrazone groups is 1. The third-order valence-electron chi connectivity index (χ3n) is 6.31. The zero-order valence-corrected chi connectivity index (χ0v) is 18.3. The molecule has 1 N–H and O–H groups in total. The van der Waals surface area contributed by atoms with Crippen molar-refractivity contribution in [1.29, 1.82) is 0 Å². The van der Waals surface area contributed by atoms with E-state index in [9.17, 15) is 14.7 Å². The van der Waals surface area contributed by atoms with Crippen molar-refractivity contribution < 1.29 is 14.7 Å². The van der Waals surface area contributed by atoms with Crippen molar-refractivity contribution in [1.82, 2.24) is 9.99 Å². The van der Waals surface area contributed by atoms with Gasteiger partial charge in [0.1, 0.15) is 5.75 Å². The quantitative estimate of drug-likeness (QED) is 0.668. The van der Waals surface area contributed by atoms with Gasteiger partial charge in [0.2, 0.25) is 11.8 Å². The Bertz CT molecular complexity index is 1240. The second-order valence-corrected chi connectivity index (χ2v) is 8.44. The molecule has 0 radical (unpaired) electrons. The fourth-order valence-corrected chi connectivity index (χ4v) is 4.59. The molecular weight excluding hydrogens is 416 g/mol. The lowest BCUT2D eigenvalue weighted by Crippen LogP contribution is -2.34. The van der Waals surface area contributed by atoms with E-state index in [4.69, 9.17) is 0 Å². The molecule has 2 unspecified atom stereocenters. The minimum atomic E-state index is -0.512. The van der Waals surface area contributed by atoms with Crippen LogP contribution in [0.5, 0.6) is 5.75 Å². The van der Waals surface area contributed by atoms with Crippen molar-refractivity contribution in [2.45, 2.75) is 25.8 Å². The van der Waals surface area contributed by atoms with Gasteiger partial charge < -0.3 is 10.0 Å². The second kappa shape index (κ2) is 8.50. The predicted octanol–water partition coefficient (Wildman–Crippen LogP) is 3.83. The molecule has 3 heterocycles. The maximum absolute atomic E-state index is 13.7. The Kier molecular flexibility index (Phi) is 5.38. The predicted molar refractivity (Wildman–Crippen MR) is 125 cm³/mol. The molecular formula is C26H24N4O3. The van der Waals surface area contributed by atoms with E-state index in [1.807, 2.05) is 49.4 Å². The first-order valence-corrected chi connectivity index (χ1v) is 11.0. The number of anilines is 1. The number of phenolic OH excluding ortho intramolecular Hbond substituents is 1. The van der Waals surface area contributed by atoms with Gasteiger partial charge >= 0.3 is 0 Å². The SMILES string of the molecule is Cc1ccccc1N1CC(C(=O)N2N=C(c3cccnc3)CC2c2ccccc2O)CC1=O. The van der Waals surface area contributed by atoms with Gasteiger partial charge in [0.25, 0.3) is 0 Å². The molecule has 7 heteroatoms. The first kappa shape index (κ1) is 20.9. The van der Waals surface area contributed by atoms with Crippen molar-refractivity contribution in [3.8, 4) is 5.75 Å². The number of hydrogen-bond donors (Lipinski definition) is 1. The summed E-state index contributed by atoms with van der Waals surface area (Å²) in [4.78, 5) is 32.3. The Morgan fingerprint density at radius 3 is 2.58 bits per heavy atom. The van der Waals surface area contributed by atoms with Gasteiger partial charge in [0.05, 0.1) is 17.7 Å². The van der Waals surface area contributed by atoms with Crippen LogP contribution in [-0.4, -0.2) is 39.2 Å². The molecule has 0 spiro atoms. The Labute approximate surface area is 192 Å². The summed E-state index contributed by atoms with van der Waals surface area (Å²) in [6.45, 7) is 2.27. The van der Waals surface area contributed by atoms with Gasteiger partial charge in [-0.25, -0.2) is 5.01 Å². The Hall–Kier alpha value is -4.00. The number of benzene rings is 2. The molecule has 1 fully saturated rings. The van der Waals surface area contributed by atoms with Crippen molar-refractivity contribution >= 4 is 23.2 Å². The van der Waals surface area contributed by atoms with Gasteiger partial charge in [-0.2, -0.15) is 5.10 Å². The number of phenols is 1. The molecule has 2 aliphatic rings. The highest BCUT2D eigenvalue weighted by atomic mass is 16.3. The minimum Gasteiger partial charge on any atom is -0.508 e. The number of rotatable bonds is 4. The zero-order chi connectivity index (χ0) is 22.9. The molecule has 166 valence electrons. The molecule has 1 saturated heterocycles. The van der Waals surface area contributed by atoms with Gasteiger partial charge in [0.15, 0.2) is 0 Å². The Balaban J connectivity index is 1.46. The summed E-state index contributed by atoms with van der Waals surface area (Å²) in [6, 6.07) is 18.0. The van der Waals surface area contributed by atoms with Gasteiger partial charge in [-0.05, 0) is 30.7 Å². The van der Waals surface area contributed by atoms with E-state index in [1.54, 1.807) is 35.5 Å². The fourth-order valence-electron chi connectivity index (χ4n) is 4.59. The molecule has 2 atom stereocenters. The highest BCUT2D eigenvalue weighted by Gasteiger charge is 2.42. The largest absolute Gasteiger partial charge is 0.508 e. The van der Waals surface area contributed by atoms with Gasteiger partial charge in [-0.3, -0.25) is 14.6 Å². The average molecular weight is 441 g/mol. The van der Waals surface area contributed by atoms with Crippen molar-refractivity contribution in [2.75, 3.05) is 11.4 Å². The van der Waals surface area contributed by atoms with Crippen LogP contribution in [0, 0.1) is 12.8 Å². The molecule has 2 aliphatic heterocycles. The number of aromatic hydroxyl groups is 1. The third-order valence-corrected chi connectivity index (χ3v) is 6.31. The number of amides is 2. The maximum atomic E-state index is 13.7. The number of pyridine rings is 1. The standard InChI is InChI=1S/C26H24N4O3/c1-17-7-2-4-10-22(17)29-16-19(13-25(29)32)26(33)30-23(20-9-3-5-11-24(20)31)14-21(28-30)18-8-6-12-27-15-18/h2-12,15,19,23,31H,13-14,16H2,1H3. The number of aryl methyl sites for hydroxylation is 1. The van der Waals surface area contributed by atoms with E-state index in [0.29, 0.717) is 18.5 Å². The summed E-state index contributed by atoms with van der Waals surface area (Å²) in [5, 5.41) is 16.6. The lowest BCUT2D eigenvalue weighted by atomic mass is 9.97. The van der Waals surface area contributed by atoms with Crippen molar-refractivity contribution in [2.24, 2.45) is 11.0 Å². The molecule has 0 bridgehead atoms. The first-order valence-electron chi connectivity index (χ1n) is 11.0. The first-order chi connectivity index (χ1) is 16.0. The Morgan fingerprint density at radius 2 is 1.82 bits per heavy atom. The molecule has 7 nitrogen and oxygen atoms in total. The van der Waals surface area contributed by atoms with Crippen LogP contribution in [0.15, 0.2) is 78.2 Å². The van der Waals surface area contributed by atoms with Gasteiger partial charge in [-0.1, -0.05) is 42.5 Å². The topological polar surface area (TPSA) is 86.1 Å². The lowest BCUT2D eigenvalue weighted by molar-refractivity contribution is -0.137. The van der Waals surface area contributed by atoms with E-state index in [1.165, 1.54) is 5.01 Å². The highest BCUT2D eigenvalue weighted by Crippen LogP contribution is 2.39. The number of carbonyl (C=O) groups is 2. The van der Waals surface area contributed by atoms with E-state index < -0.39 is 12.0 Å². The van der Waals surface area contributed by atoms with Crippen LogP contribution in [0.4, 0.5) is 5.69 Å². The number of para-hydroxylation sites is 2. The molecule has 0 aliphatic carbocycles. The van der Waals surface area contributed by atoms with Crippen LogP contribution < -0.4 is 4.90 Å². The minimum absolute atomic E-state index is 0.0718. The number of nitrogens with zero attached hydrogens (tertiary/aromatic N) is 4. The van der Waals surface area contributed by atoms with Crippen LogP contribution in [0.3, 0.4) is 0 Å². The van der Waals surface area contributed by atoms with Crippen molar-refractivity contribution in [3.05, 3.63) is 89.7 Å². The lowest BCUT2D eigenvalue weighted by Gasteiger charge is -2.25. The molecule has 1 aromatic heterocycles. The van der Waals surface area contributed by atoms with Crippen LogP contribution in [0.25, 0.3) is 0 Å². The van der Waals surface area contributed by atoms with Crippen LogP contribution in [0.1, 0.15) is 35.6 Å². The van der Waals surface area contributed by atoms with Crippen LogP contribution >= 0.6 is 0 Å². The summed E-state index contributed by atoms with van der Waals surface area (Å²) in [6.07, 6.45) is 3.99. The molecule has 2 amide bonds.